The molecule has 1 N–H and O–H groups in total. The molecular weight excluding hydrogens is 150 g/mol. The fraction of sp³-hybridized carbons (Fsp3) is 0.500. The maximum atomic E-state index is 11.1. The molecule has 1 heterocycles. The van der Waals surface area contributed by atoms with Crippen molar-refractivity contribution in [3.63, 3.8) is 0 Å². The van der Waals surface area contributed by atoms with Gasteiger partial charge in [0.1, 0.15) is 0 Å². The van der Waals surface area contributed by atoms with Crippen LogP contribution in [0.15, 0.2) is 23.8 Å². The van der Waals surface area contributed by atoms with Gasteiger partial charge < -0.3 is 5.32 Å². The highest BCUT2D eigenvalue weighted by Crippen LogP contribution is 2.24. The minimum atomic E-state index is -0.166. The smallest absolute Gasteiger partial charge is 0.244 e. The number of rotatable bonds is 1. The predicted molar refractivity (Wildman–Crippen MR) is 49.7 cm³/mol. The van der Waals surface area contributed by atoms with E-state index in [9.17, 15) is 4.79 Å². The lowest BCUT2D eigenvalue weighted by Gasteiger charge is -2.33. The Morgan fingerprint density at radius 3 is 2.75 bits per heavy atom. The summed E-state index contributed by atoms with van der Waals surface area (Å²) < 4.78 is 0. The van der Waals surface area contributed by atoms with Gasteiger partial charge >= 0.3 is 0 Å². The van der Waals surface area contributed by atoms with Gasteiger partial charge in [-0.25, -0.2) is 0 Å². The van der Waals surface area contributed by atoms with E-state index in [2.05, 4.69) is 12.2 Å². The van der Waals surface area contributed by atoms with E-state index in [-0.39, 0.29) is 11.4 Å². The van der Waals surface area contributed by atoms with Crippen LogP contribution in [0.2, 0.25) is 0 Å². The molecular formula is C10H15NO. The highest BCUT2D eigenvalue weighted by molar-refractivity contribution is 5.90. The normalized spacial score (nSPS) is 32.2. The first-order chi connectivity index (χ1) is 5.62. The van der Waals surface area contributed by atoms with E-state index in [0.717, 1.165) is 6.42 Å². The van der Waals surface area contributed by atoms with Crippen molar-refractivity contribution in [2.24, 2.45) is 0 Å². The summed E-state index contributed by atoms with van der Waals surface area (Å²) in [6, 6.07) is 0. The molecule has 0 aromatic rings. The second-order valence-electron chi connectivity index (χ2n) is 3.25. The average molecular weight is 165 g/mol. The van der Waals surface area contributed by atoms with Gasteiger partial charge in [-0.05, 0) is 25.8 Å². The van der Waals surface area contributed by atoms with E-state index in [4.69, 9.17) is 0 Å². The first kappa shape index (κ1) is 9.04. The second kappa shape index (κ2) is 3.13. The number of nitrogens with one attached hydrogen (secondary N) is 1. The summed E-state index contributed by atoms with van der Waals surface area (Å²) in [6.45, 7) is 6.11. The van der Waals surface area contributed by atoms with Gasteiger partial charge in [0.05, 0.1) is 5.54 Å². The first-order valence-corrected chi connectivity index (χ1v) is 4.29. The molecule has 0 aliphatic carbocycles. The van der Waals surface area contributed by atoms with Crippen LogP contribution >= 0.6 is 0 Å². The summed E-state index contributed by atoms with van der Waals surface area (Å²) in [6.07, 6.45) is 6.43. The van der Waals surface area contributed by atoms with E-state index in [1.807, 2.05) is 26.0 Å². The summed E-state index contributed by atoms with van der Waals surface area (Å²) >= 11 is 0. The molecule has 0 aromatic carbocycles. The van der Waals surface area contributed by atoms with Gasteiger partial charge in [-0.3, -0.25) is 4.79 Å². The van der Waals surface area contributed by atoms with Gasteiger partial charge in [-0.1, -0.05) is 19.1 Å². The molecule has 0 aromatic heterocycles. The van der Waals surface area contributed by atoms with E-state index < -0.39 is 0 Å². The molecule has 66 valence electrons. The van der Waals surface area contributed by atoms with Gasteiger partial charge in [0, 0.05) is 6.08 Å². The largest absolute Gasteiger partial charge is 0.343 e. The molecule has 0 spiro atoms. The summed E-state index contributed by atoms with van der Waals surface area (Å²) in [4.78, 5) is 11.1. The molecule has 0 saturated heterocycles. The topological polar surface area (TPSA) is 29.1 Å². The molecule has 1 aliphatic rings. The monoisotopic (exact) mass is 165 g/mol. The van der Waals surface area contributed by atoms with Crippen LogP contribution in [-0.4, -0.2) is 11.4 Å². The van der Waals surface area contributed by atoms with Crippen LogP contribution in [0.1, 0.15) is 27.2 Å². The Hall–Kier alpha value is -1.05. The van der Waals surface area contributed by atoms with Crippen molar-refractivity contribution in [3.8, 4) is 0 Å². The third kappa shape index (κ3) is 1.42. The van der Waals surface area contributed by atoms with Crippen molar-refractivity contribution < 1.29 is 4.79 Å². The quantitative estimate of drug-likeness (QED) is 0.630. The Balaban J connectivity index is 3.01. The van der Waals surface area contributed by atoms with Gasteiger partial charge in [0.25, 0.3) is 0 Å². The van der Waals surface area contributed by atoms with Gasteiger partial charge in [-0.15, -0.1) is 0 Å². The SMILES string of the molecule is C/C=C1/C=CC(=O)N[C@]1(C)CC. The number of allylic oxidation sites excluding steroid dienone is 1. The number of hydrogen-bond donors (Lipinski definition) is 1. The molecule has 0 radical (unpaired) electrons. The van der Waals surface area contributed by atoms with Crippen LogP contribution in [0, 0.1) is 0 Å². The molecule has 0 bridgehead atoms. The van der Waals surface area contributed by atoms with Crippen LogP contribution in [0.25, 0.3) is 0 Å². The van der Waals surface area contributed by atoms with Crippen LogP contribution in [0.4, 0.5) is 0 Å². The number of amides is 1. The Morgan fingerprint density at radius 2 is 2.25 bits per heavy atom. The van der Waals surface area contributed by atoms with Crippen LogP contribution in [0.3, 0.4) is 0 Å². The number of hydrogen-bond acceptors (Lipinski definition) is 1. The Labute approximate surface area is 73.4 Å². The molecule has 1 amide bonds. The maximum Gasteiger partial charge on any atom is 0.244 e. The maximum absolute atomic E-state index is 11.1. The Bertz CT molecular complexity index is 253. The molecule has 12 heavy (non-hydrogen) atoms. The lowest BCUT2D eigenvalue weighted by molar-refractivity contribution is -0.118. The fourth-order valence-corrected chi connectivity index (χ4v) is 1.44. The van der Waals surface area contributed by atoms with Crippen molar-refractivity contribution in [3.05, 3.63) is 23.8 Å². The number of carbonyl (C=O) groups is 1. The molecule has 0 fully saturated rings. The zero-order chi connectivity index (χ0) is 9.19. The summed E-state index contributed by atoms with van der Waals surface area (Å²) in [5.41, 5.74) is 1.02. The summed E-state index contributed by atoms with van der Waals surface area (Å²) in [5.74, 6) is 0.00458. The molecule has 2 heteroatoms. The standard InChI is InChI=1S/C10H15NO/c1-4-8-6-7-9(12)11-10(8,3)5-2/h4,6-7H,5H2,1-3H3,(H,11,12)/b8-4-/t10-/m1/s1. The zero-order valence-corrected chi connectivity index (χ0v) is 7.85. The number of carbonyl (C=O) groups excluding carboxylic acids is 1. The highest BCUT2D eigenvalue weighted by Gasteiger charge is 2.28. The van der Waals surface area contributed by atoms with Crippen molar-refractivity contribution in [2.45, 2.75) is 32.7 Å². The van der Waals surface area contributed by atoms with Crippen LogP contribution < -0.4 is 5.32 Å². The molecule has 0 saturated carbocycles. The zero-order valence-electron chi connectivity index (χ0n) is 7.85. The fourth-order valence-electron chi connectivity index (χ4n) is 1.44. The van der Waals surface area contributed by atoms with E-state index in [1.165, 1.54) is 5.57 Å². The molecule has 0 unspecified atom stereocenters. The molecule has 1 aliphatic heterocycles. The second-order valence-corrected chi connectivity index (χ2v) is 3.25. The lowest BCUT2D eigenvalue weighted by Crippen LogP contribution is -2.48. The minimum absolute atomic E-state index is 0.00458. The van der Waals surface area contributed by atoms with Crippen LogP contribution in [0.5, 0.6) is 0 Å². The van der Waals surface area contributed by atoms with Crippen molar-refractivity contribution in [1.82, 2.24) is 5.32 Å². The van der Waals surface area contributed by atoms with Crippen molar-refractivity contribution >= 4 is 5.91 Å². The third-order valence-corrected chi connectivity index (χ3v) is 2.47. The van der Waals surface area contributed by atoms with Gasteiger partial charge in [0.15, 0.2) is 0 Å². The van der Waals surface area contributed by atoms with E-state index in [0.29, 0.717) is 0 Å². The van der Waals surface area contributed by atoms with Gasteiger partial charge in [0.2, 0.25) is 5.91 Å². The molecule has 2 nitrogen and oxygen atoms in total. The van der Waals surface area contributed by atoms with Crippen molar-refractivity contribution in [2.75, 3.05) is 0 Å². The Morgan fingerprint density at radius 1 is 1.58 bits per heavy atom. The lowest BCUT2D eigenvalue weighted by atomic mass is 9.86. The van der Waals surface area contributed by atoms with E-state index >= 15 is 0 Å². The molecule has 1 atom stereocenters. The third-order valence-electron chi connectivity index (χ3n) is 2.47. The predicted octanol–water partition coefficient (Wildman–Crippen LogP) is 1.79. The summed E-state index contributed by atoms with van der Waals surface area (Å²) in [7, 11) is 0. The highest BCUT2D eigenvalue weighted by atomic mass is 16.1. The molecule has 1 rings (SSSR count). The summed E-state index contributed by atoms with van der Waals surface area (Å²) in [5, 5.41) is 2.95. The van der Waals surface area contributed by atoms with Crippen molar-refractivity contribution in [1.29, 1.82) is 0 Å². The average Bonchev–Trinajstić information content (AvgIpc) is 2.05. The van der Waals surface area contributed by atoms with E-state index in [1.54, 1.807) is 6.08 Å². The first-order valence-electron chi connectivity index (χ1n) is 4.29. The Kier molecular flexibility index (Phi) is 2.36. The van der Waals surface area contributed by atoms with Crippen LogP contribution in [-0.2, 0) is 4.79 Å². The minimum Gasteiger partial charge on any atom is -0.343 e. The van der Waals surface area contributed by atoms with Gasteiger partial charge in [-0.2, -0.15) is 0 Å².